The molecule has 3 atom stereocenters. The predicted molar refractivity (Wildman–Crippen MR) is 105 cm³/mol. The number of anilines is 1. The number of hydrogen-bond acceptors (Lipinski definition) is 4. The summed E-state index contributed by atoms with van der Waals surface area (Å²) < 4.78 is 30.6. The fourth-order valence-corrected chi connectivity index (χ4v) is 4.94. The molecule has 8 heteroatoms. The van der Waals surface area contributed by atoms with Crippen LogP contribution in [0.25, 0.3) is 10.9 Å². The zero-order valence-corrected chi connectivity index (χ0v) is 15.9. The topological polar surface area (TPSA) is 88.6 Å². The maximum Gasteiger partial charge on any atom is 0.341 e. The molecular formula is C21H21F2N3O3. The number of aryl methyl sites for hydroxylation is 1. The lowest BCUT2D eigenvalue weighted by atomic mass is 9.96. The average Bonchev–Trinajstić information content (AvgIpc) is 3.12. The molecule has 1 saturated heterocycles. The molecule has 0 bridgehead atoms. The summed E-state index contributed by atoms with van der Waals surface area (Å²) in [5.74, 6) is -2.01. The first-order valence-electron chi connectivity index (χ1n) is 9.70. The van der Waals surface area contributed by atoms with Gasteiger partial charge in [-0.3, -0.25) is 4.79 Å². The number of hydrogen-bond donors (Lipinski definition) is 2. The molecule has 0 radical (unpaired) electrons. The molecule has 6 nitrogen and oxygen atoms in total. The van der Waals surface area contributed by atoms with Crippen molar-refractivity contribution in [3.05, 3.63) is 51.1 Å². The van der Waals surface area contributed by atoms with Crippen LogP contribution in [0, 0.1) is 12.7 Å². The van der Waals surface area contributed by atoms with Crippen LogP contribution in [0.2, 0.25) is 0 Å². The standard InChI is InChI=1S/C21H21F2N3O3/c1-10-17-12(19(27)13(20(28)29)8-26(17)16-6-14(16)22)5-15(23)18(10)25-7-11-3-2-4-21(11,24)9-25/h3,5,8,14,16H,2,4,6-7,9,24H2,1H3,(H,28,29)/t14-,16+,21+/m0/s1. The van der Waals surface area contributed by atoms with E-state index < -0.39 is 40.5 Å². The van der Waals surface area contributed by atoms with Gasteiger partial charge in [-0.05, 0) is 37.0 Å². The van der Waals surface area contributed by atoms with Crippen LogP contribution in [-0.2, 0) is 0 Å². The van der Waals surface area contributed by atoms with Crippen molar-refractivity contribution in [1.29, 1.82) is 0 Å². The zero-order chi connectivity index (χ0) is 20.7. The Labute approximate surface area is 165 Å². The number of pyridine rings is 1. The lowest BCUT2D eigenvalue weighted by molar-refractivity contribution is 0.0694. The highest BCUT2D eigenvalue weighted by Gasteiger charge is 2.43. The maximum atomic E-state index is 15.2. The van der Waals surface area contributed by atoms with Gasteiger partial charge in [0, 0.05) is 31.1 Å². The molecule has 1 aromatic carbocycles. The van der Waals surface area contributed by atoms with Crippen molar-refractivity contribution in [3.8, 4) is 0 Å². The van der Waals surface area contributed by atoms with Gasteiger partial charge in [-0.1, -0.05) is 6.08 Å². The van der Waals surface area contributed by atoms with Crippen LogP contribution >= 0.6 is 0 Å². The van der Waals surface area contributed by atoms with Crippen molar-refractivity contribution in [1.82, 2.24) is 4.57 Å². The minimum absolute atomic E-state index is 0.0381. The number of carboxylic acids is 1. The van der Waals surface area contributed by atoms with E-state index in [1.165, 1.54) is 10.8 Å². The highest BCUT2D eigenvalue weighted by Crippen LogP contribution is 2.44. The highest BCUT2D eigenvalue weighted by atomic mass is 19.1. The molecule has 29 heavy (non-hydrogen) atoms. The van der Waals surface area contributed by atoms with E-state index >= 15 is 4.39 Å². The van der Waals surface area contributed by atoms with E-state index in [0.717, 1.165) is 24.5 Å². The van der Waals surface area contributed by atoms with Crippen LogP contribution in [0.1, 0.15) is 41.2 Å². The van der Waals surface area contributed by atoms with Crippen LogP contribution < -0.4 is 16.1 Å². The summed E-state index contributed by atoms with van der Waals surface area (Å²) in [6, 6.07) is 0.541. The number of benzene rings is 1. The van der Waals surface area contributed by atoms with E-state index in [2.05, 4.69) is 6.08 Å². The molecule has 2 fully saturated rings. The molecule has 1 saturated carbocycles. The van der Waals surface area contributed by atoms with Crippen LogP contribution in [0.3, 0.4) is 0 Å². The first kappa shape index (κ1) is 18.3. The van der Waals surface area contributed by atoms with Crippen LogP contribution in [0.15, 0.2) is 28.7 Å². The molecule has 0 amide bonds. The Hall–Kier alpha value is -2.74. The van der Waals surface area contributed by atoms with Crippen molar-refractivity contribution in [2.24, 2.45) is 5.73 Å². The van der Waals surface area contributed by atoms with E-state index in [1.807, 2.05) is 4.90 Å². The van der Waals surface area contributed by atoms with E-state index in [0.29, 0.717) is 29.9 Å². The molecular weight excluding hydrogens is 380 g/mol. The number of allylic oxidation sites excluding steroid dienone is 1. The Balaban J connectivity index is 1.75. The van der Waals surface area contributed by atoms with Crippen LogP contribution in [0.5, 0.6) is 0 Å². The third-order valence-corrected chi connectivity index (χ3v) is 6.52. The van der Waals surface area contributed by atoms with Crippen molar-refractivity contribution < 1.29 is 18.7 Å². The van der Waals surface area contributed by atoms with Crippen LogP contribution in [-0.4, -0.2) is 40.4 Å². The average molecular weight is 401 g/mol. The minimum Gasteiger partial charge on any atom is -0.477 e. The van der Waals surface area contributed by atoms with Gasteiger partial charge >= 0.3 is 5.97 Å². The molecule has 1 aromatic heterocycles. The monoisotopic (exact) mass is 401 g/mol. The molecule has 0 spiro atoms. The number of nitrogens with two attached hydrogens (primary N) is 1. The second-order valence-electron chi connectivity index (χ2n) is 8.41. The largest absolute Gasteiger partial charge is 0.477 e. The number of aromatic nitrogens is 1. The Bertz CT molecular complexity index is 1170. The number of rotatable bonds is 3. The predicted octanol–water partition coefficient (Wildman–Crippen LogP) is 2.67. The van der Waals surface area contributed by atoms with Crippen molar-refractivity contribution in [2.75, 3.05) is 18.0 Å². The number of carbonyl (C=O) groups is 1. The van der Waals surface area contributed by atoms with Gasteiger partial charge in [-0.2, -0.15) is 0 Å². The Kier molecular flexibility index (Phi) is 3.71. The van der Waals surface area contributed by atoms with Gasteiger partial charge in [0.25, 0.3) is 0 Å². The molecule has 5 rings (SSSR count). The summed E-state index contributed by atoms with van der Waals surface area (Å²) in [7, 11) is 0. The summed E-state index contributed by atoms with van der Waals surface area (Å²) >= 11 is 0. The number of alkyl halides is 1. The molecule has 0 unspecified atom stereocenters. The maximum absolute atomic E-state index is 15.2. The summed E-state index contributed by atoms with van der Waals surface area (Å²) in [5, 5.41) is 9.34. The van der Waals surface area contributed by atoms with Gasteiger partial charge in [0.15, 0.2) is 0 Å². The lowest BCUT2D eigenvalue weighted by Crippen LogP contribution is -2.42. The number of carboxylic acid groups (broad SMARTS) is 1. The molecule has 3 N–H and O–H groups in total. The smallest absolute Gasteiger partial charge is 0.341 e. The summed E-state index contributed by atoms with van der Waals surface area (Å²) in [6.07, 6.45) is 4.14. The fourth-order valence-electron chi connectivity index (χ4n) is 4.94. The third kappa shape index (κ3) is 2.55. The van der Waals surface area contributed by atoms with Crippen molar-refractivity contribution >= 4 is 22.6 Å². The van der Waals surface area contributed by atoms with Gasteiger partial charge in [-0.15, -0.1) is 0 Å². The molecule has 2 aromatic rings. The van der Waals surface area contributed by atoms with Gasteiger partial charge in [0.2, 0.25) is 5.43 Å². The van der Waals surface area contributed by atoms with Crippen molar-refractivity contribution in [3.63, 3.8) is 0 Å². The SMILES string of the molecule is Cc1c(N2CC3=CCC[C@@]3(N)C2)c(F)cc2c(=O)c(C(=O)O)cn([C@@H]3C[C@@H]3F)c12. The molecule has 2 aliphatic carbocycles. The van der Waals surface area contributed by atoms with E-state index in [4.69, 9.17) is 5.73 Å². The Morgan fingerprint density at radius 3 is 2.76 bits per heavy atom. The molecule has 3 aliphatic rings. The first-order chi connectivity index (χ1) is 13.7. The second kappa shape index (κ2) is 5.89. The van der Waals surface area contributed by atoms with Crippen molar-refractivity contribution in [2.45, 2.75) is 43.9 Å². The molecule has 2 heterocycles. The fraction of sp³-hybridized carbons (Fsp3) is 0.429. The van der Waals surface area contributed by atoms with E-state index in [1.54, 1.807) is 6.92 Å². The van der Waals surface area contributed by atoms with Gasteiger partial charge < -0.3 is 20.3 Å². The third-order valence-electron chi connectivity index (χ3n) is 6.52. The minimum atomic E-state index is -1.41. The van der Waals surface area contributed by atoms with E-state index in [-0.39, 0.29) is 11.8 Å². The highest BCUT2D eigenvalue weighted by molar-refractivity contribution is 5.95. The summed E-state index contributed by atoms with van der Waals surface area (Å²) in [4.78, 5) is 26.1. The van der Waals surface area contributed by atoms with Crippen LogP contribution in [0.4, 0.5) is 14.5 Å². The first-order valence-corrected chi connectivity index (χ1v) is 9.70. The van der Waals surface area contributed by atoms with Gasteiger partial charge in [0.1, 0.15) is 17.6 Å². The number of nitrogens with zero attached hydrogens (tertiary/aromatic N) is 2. The zero-order valence-electron chi connectivity index (χ0n) is 15.9. The van der Waals surface area contributed by atoms with E-state index in [9.17, 15) is 19.1 Å². The van der Waals surface area contributed by atoms with Gasteiger partial charge in [0.05, 0.1) is 22.8 Å². The quantitative estimate of drug-likeness (QED) is 0.772. The summed E-state index contributed by atoms with van der Waals surface area (Å²) in [5.41, 5.74) is 7.08. The lowest BCUT2D eigenvalue weighted by Gasteiger charge is -2.26. The number of aromatic carboxylic acids is 1. The Morgan fingerprint density at radius 1 is 1.41 bits per heavy atom. The van der Waals surface area contributed by atoms with Gasteiger partial charge in [-0.25, -0.2) is 13.6 Å². The summed E-state index contributed by atoms with van der Waals surface area (Å²) in [6.45, 7) is 2.67. The number of halogens is 2. The Morgan fingerprint density at radius 2 is 2.14 bits per heavy atom. The molecule has 152 valence electrons. The normalized spacial score (nSPS) is 28.0. The number of fused-ring (bicyclic) bond motifs is 2. The molecule has 1 aliphatic heterocycles. The second-order valence-corrected chi connectivity index (χ2v) is 8.41.